The first-order chi connectivity index (χ1) is 9.31. The number of hydrogen-bond donors (Lipinski definition) is 2. The summed E-state index contributed by atoms with van der Waals surface area (Å²) in [5.74, 6) is -1.21. The lowest BCUT2D eigenvalue weighted by molar-refractivity contribution is 0.0696. The first-order valence-corrected chi connectivity index (χ1v) is 7.10. The molecule has 108 valence electrons. The molecule has 0 fully saturated rings. The Morgan fingerprint density at radius 1 is 1.55 bits per heavy atom. The number of ether oxygens (including phenoxy) is 1. The number of carboxylic acids is 1. The normalized spacial score (nSPS) is 12.4. The molecule has 0 aromatic heterocycles. The van der Waals surface area contributed by atoms with Crippen LogP contribution in [0.5, 0.6) is 5.75 Å². The molecule has 8 heteroatoms. The van der Waals surface area contributed by atoms with Crippen molar-refractivity contribution in [3.63, 3.8) is 0 Å². The van der Waals surface area contributed by atoms with Gasteiger partial charge in [-0.15, -0.1) is 0 Å². The van der Waals surface area contributed by atoms with E-state index in [1.807, 2.05) is 6.07 Å². The van der Waals surface area contributed by atoms with Crippen molar-refractivity contribution in [1.29, 1.82) is 5.26 Å². The van der Waals surface area contributed by atoms with Gasteiger partial charge < -0.3 is 9.84 Å². The van der Waals surface area contributed by atoms with Gasteiger partial charge in [0.15, 0.2) is 0 Å². The van der Waals surface area contributed by atoms with E-state index in [0.717, 1.165) is 6.07 Å². The van der Waals surface area contributed by atoms with Crippen LogP contribution >= 0.6 is 0 Å². The Bertz CT molecular complexity index is 648. The van der Waals surface area contributed by atoms with Crippen molar-refractivity contribution in [2.45, 2.75) is 24.3 Å². The SMILES string of the molecule is COc1ccc(C(=O)O)cc1S(=O)(=O)NC(C)CC#N. The fourth-order valence-corrected chi connectivity index (χ4v) is 2.97. The molecule has 0 spiro atoms. The smallest absolute Gasteiger partial charge is 0.335 e. The maximum Gasteiger partial charge on any atom is 0.335 e. The zero-order valence-corrected chi connectivity index (χ0v) is 11.8. The minimum Gasteiger partial charge on any atom is -0.495 e. The van der Waals surface area contributed by atoms with E-state index in [2.05, 4.69) is 4.72 Å². The van der Waals surface area contributed by atoms with Gasteiger partial charge in [-0.2, -0.15) is 5.26 Å². The molecule has 0 saturated carbocycles. The lowest BCUT2D eigenvalue weighted by atomic mass is 10.2. The Morgan fingerprint density at radius 3 is 2.70 bits per heavy atom. The van der Waals surface area contributed by atoms with E-state index in [0.29, 0.717) is 0 Å². The van der Waals surface area contributed by atoms with E-state index >= 15 is 0 Å². The molecule has 0 aliphatic carbocycles. The predicted octanol–water partition coefficient (Wildman–Crippen LogP) is 0.974. The summed E-state index contributed by atoms with van der Waals surface area (Å²) in [6.45, 7) is 1.54. The van der Waals surface area contributed by atoms with Gasteiger partial charge in [-0.05, 0) is 25.1 Å². The number of hydrogen-bond acceptors (Lipinski definition) is 5. The monoisotopic (exact) mass is 298 g/mol. The van der Waals surface area contributed by atoms with Crippen LogP contribution in [0.25, 0.3) is 0 Å². The summed E-state index contributed by atoms with van der Waals surface area (Å²) in [4.78, 5) is 10.6. The van der Waals surface area contributed by atoms with Gasteiger partial charge in [-0.1, -0.05) is 0 Å². The summed E-state index contributed by atoms with van der Waals surface area (Å²) in [7, 11) is -2.68. The molecular formula is C12H14N2O5S. The number of sulfonamides is 1. The van der Waals surface area contributed by atoms with Crippen LogP contribution in [0, 0.1) is 11.3 Å². The van der Waals surface area contributed by atoms with Crippen molar-refractivity contribution in [3.8, 4) is 11.8 Å². The zero-order chi connectivity index (χ0) is 15.3. The molecule has 0 amide bonds. The Morgan fingerprint density at radius 2 is 2.20 bits per heavy atom. The quantitative estimate of drug-likeness (QED) is 0.808. The number of carboxylic acid groups (broad SMARTS) is 1. The van der Waals surface area contributed by atoms with Crippen molar-refractivity contribution < 1.29 is 23.1 Å². The average Bonchev–Trinajstić information content (AvgIpc) is 2.37. The van der Waals surface area contributed by atoms with Gasteiger partial charge in [0.1, 0.15) is 10.6 Å². The minimum absolute atomic E-state index is 0.000165. The lowest BCUT2D eigenvalue weighted by Gasteiger charge is -2.14. The van der Waals surface area contributed by atoms with Crippen LogP contribution < -0.4 is 9.46 Å². The highest BCUT2D eigenvalue weighted by Crippen LogP contribution is 2.25. The summed E-state index contributed by atoms with van der Waals surface area (Å²) < 4.78 is 31.6. The van der Waals surface area contributed by atoms with E-state index in [9.17, 15) is 13.2 Å². The van der Waals surface area contributed by atoms with Gasteiger partial charge >= 0.3 is 5.97 Å². The van der Waals surface area contributed by atoms with Crippen molar-refractivity contribution in [2.75, 3.05) is 7.11 Å². The highest BCUT2D eigenvalue weighted by atomic mass is 32.2. The van der Waals surface area contributed by atoms with E-state index < -0.39 is 22.0 Å². The maximum absolute atomic E-state index is 12.2. The van der Waals surface area contributed by atoms with Crippen molar-refractivity contribution in [2.24, 2.45) is 0 Å². The van der Waals surface area contributed by atoms with Crippen LogP contribution in [0.1, 0.15) is 23.7 Å². The van der Waals surface area contributed by atoms with Crippen LogP contribution in [0.2, 0.25) is 0 Å². The molecule has 7 nitrogen and oxygen atoms in total. The number of methoxy groups -OCH3 is 1. The van der Waals surface area contributed by atoms with Crippen LogP contribution in [-0.4, -0.2) is 32.6 Å². The standard InChI is InChI=1S/C12H14N2O5S/c1-8(5-6-13)14-20(17,18)11-7-9(12(15)16)3-4-10(11)19-2/h3-4,7-8,14H,5H2,1-2H3,(H,15,16). The molecule has 20 heavy (non-hydrogen) atoms. The topological polar surface area (TPSA) is 116 Å². The first kappa shape index (κ1) is 15.9. The maximum atomic E-state index is 12.2. The Balaban J connectivity index is 3.25. The van der Waals surface area contributed by atoms with Crippen LogP contribution in [0.4, 0.5) is 0 Å². The molecule has 0 radical (unpaired) electrons. The summed E-state index contributed by atoms with van der Waals surface area (Å²) in [5.41, 5.74) is -0.167. The molecule has 0 saturated heterocycles. The van der Waals surface area contributed by atoms with Gasteiger partial charge in [-0.25, -0.2) is 17.9 Å². The second-order valence-electron chi connectivity index (χ2n) is 4.06. The van der Waals surface area contributed by atoms with E-state index in [1.165, 1.54) is 26.2 Å². The van der Waals surface area contributed by atoms with Crippen molar-refractivity contribution >= 4 is 16.0 Å². The summed E-state index contributed by atoms with van der Waals surface area (Å²) >= 11 is 0. The minimum atomic E-state index is -3.97. The largest absolute Gasteiger partial charge is 0.495 e. The number of nitrogens with zero attached hydrogens (tertiary/aromatic N) is 1. The third-order valence-corrected chi connectivity index (χ3v) is 4.06. The third-order valence-electron chi connectivity index (χ3n) is 2.45. The Labute approximate surface area is 116 Å². The Kier molecular flexibility index (Phi) is 5.07. The predicted molar refractivity (Wildman–Crippen MR) is 70.0 cm³/mol. The summed E-state index contributed by atoms with van der Waals surface area (Å²) in [5, 5.41) is 17.4. The third kappa shape index (κ3) is 3.69. The number of benzene rings is 1. The molecule has 1 aromatic carbocycles. The van der Waals surface area contributed by atoms with E-state index in [1.54, 1.807) is 0 Å². The number of aromatic carboxylic acids is 1. The van der Waals surface area contributed by atoms with Crippen molar-refractivity contribution in [1.82, 2.24) is 4.72 Å². The highest BCUT2D eigenvalue weighted by Gasteiger charge is 2.23. The van der Waals surface area contributed by atoms with E-state index in [-0.39, 0.29) is 22.6 Å². The van der Waals surface area contributed by atoms with Crippen molar-refractivity contribution in [3.05, 3.63) is 23.8 Å². The van der Waals surface area contributed by atoms with Gasteiger partial charge in [0, 0.05) is 6.04 Å². The molecule has 1 aromatic rings. The highest BCUT2D eigenvalue weighted by molar-refractivity contribution is 7.89. The summed E-state index contributed by atoms with van der Waals surface area (Å²) in [6.07, 6.45) is 0.000165. The molecule has 1 unspecified atom stereocenters. The van der Waals surface area contributed by atoms with Gasteiger partial charge in [0.05, 0.1) is 25.2 Å². The molecule has 0 heterocycles. The Hall–Kier alpha value is -2.11. The molecule has 0 aliphatic heterocycles. The lowest BCUT2D eigenvalue weighted by Crippen LogP contribution is -2.32. The second-order valence-corrected chi connectivity index (χ2v) is 5.74. The van der Waals surface area contributed by atoms with Crippen LogP contribution in [-0.2, 0) is 10.0 Å². The molecular weight excluding hydrogens is 284 g/mol. The molecule has 0 bridgehead atoms. The number of rotatable bonds is 6. The molecule has 2 N–H and O–H groups in total. The zero-order valence-electron chi connectivity index (χ0n) is 11.0. The first-order valence-electron chi connectivity index (χ1n) is 5.62. The van der Waals surface area contributed by atoms with Crippen LogP contribution in [0.15, 0.2) is 23.1 Å². The van der Waals surface area contributed by atoms with Crippen LogP contribution in [0.3, 0.4) is 0 Å². The van der Waals surface area contributed by atoms with E-state index in [4.69, 9.17) is 15.1 Å². The van der Waals surface area contributed by atoms with Gasteiger partial charge in [-0.3, -0.25) is 0 Å². The number of nitriles is 1. The second kappa shape index (κ2) is 6.36. The molecule has 1 atom stereocenters. The molecule has 1 rings (SSSR count). The number of nitrogens with one attached hydrogen (secondary N) is 1. The average molecular weight is 298 g/mol. The fraction of sp³-hybridized carbons (Fsp3) is 0.333. The fourth-order valence-electron chi connectivity index (χ4n) is 1.53. The van der Waals surface area contributed by atoms with Gasteiger partial charge in [0.2, 0.25) is 10.0 Å². The molecule has 0 aliphatic rings. The van der Waals surface area contributed by atoms with Gasteiger partial charge in [0.25, 0.3) is 0 Å². The number of carbonyl (C=O) groups is 1. The summed E-state index contributed by atoms with van der Waals surface area (Å²) in [6, 6.07) is 4.79.